The lowest BCUT2D eigenvalue weighted by Gasteiger charge is -2.47. The van der Waals surface area contributed by atoms with Crippen LogP contribution in [0, 0.1) is 17.3 Å². The van der Waals surface area contributed by atoms with Crippen molar-refractivity contribution < 1.29 is 14.6 Å². The van der Waals surface area contributed by atoms with Gasteiger partial charge in [-0.3, -0.25) is 0 Å². The highest BCUT2D eigenvalue weighted by Crippen LogP contribution is 2.53. The number of nitrogens with zero attached hydrogens (tertiary/aromatic N) is 1. The first-order valence-corrected chi connectivity index (χ1v) is 12.4. The first kappa shape index (κ1) is 21.9. The van der Waals surface area contributed by atoms with Gasteiger partial charge in [-0.25, -0.2) is 4.79 Å². The molecule has 2 aliphatic heterocycles. The van der Waals surface area contributed by atoms with Gasteiger partial charge in [-0.1, -0.05) is 40.9 Å². The Morgan fingerprint density at radius 1 is 1.26 bits per heavy atom. The SMILES string of the molecule is O=C(OCC(Cl)(Cl)Cl)N1C[C@H]2CC34CCCNC3Cc3ccc(O)cc3CC2C1CC4. The molecule has 31 heavy (non-hydrogen) atoms. The van der Waals surface area contributed by atoms with Gasteiger partial charge in [0.1, 0.15) is 12.4 Å². The quantitative estimate of drug-likeness (QED) is 0.557. The van der Waals surface area contributed by atoms with E-state index in [2.05, 4.69) is 11.4 Å². The van der Waals surface area contributed by atoms with Gasteiger partial charge >= 0.3 is 6.09 Å². The van der Waals surface area contributed by atoms with Gasteiger partial charge < -0.3 is 20.1 Å². The molecule has 2 aliphatic carbocycles. The Morgan fingerprint density at radius 3 is 2.90 bits per heavy atom. The lowest BCUT2D eigenvalue weighted by molar-refractivity contribution is 0.0618. The summed E-state index contributed by atoms with van der Waals surface area (Å²) in [7, 11) is 0. The second kappa shape index (κ2) is 8.16. The van der Waals surface area contributed by atoms with Crippen LogP contribution in [0.25, 0.3) is 0 Å². The number of rotatable bonds is 1. The van der Waals surface area contributed by atoms with E-state index in [9.17, 15) is 9.90 Å². The number of aromatic hydroxyl groups is 1. The Hall–Kier alpha value is -0.880. The van der Waals surface area contributed by atoms with Crippen LogP contribution in [-0.4, -0.2) is 51.7 Å². The molecule has 1 saturated carbocycles. The number of ether oxygens (including phenoxy) is 1. The lowest BCUT2D eigenvalue weighted by Crippen LogP contribution is -2.52. The van der Waals surface area contributed by atoms with Gasteiger partial charge in [0.15, 0.2) is 0 Å². The van der Waals surface area contributed by atoms with Crippen molar-refractivity contribution in [3.8, 4) is 5.75 Å². The summed E-state index contributed by atoms with van der Waals surface area (Å²) in [5.41, 5.74) is 2.80. The van der Waals surface area contributed by atoms with E-state index in [1.54, 1.807) is 6.07 Å². The molecule has 5 rings (SSSR count). The molecule has 1 aromatic carbocycles. The number of halogens is 3. The van der Waals surface area contributed by atoms with Gasteiger partial charge in [-0.05, 0) is 92.0 Å². The highest BCUT2D eigenvalue weighted by molar-refractivity contribution is 6.67. The molecule has 4 bridgehead atoms. The zero-order valence-corrected chi connectivity index (χ0v) is 19.7. The minimum absolute atomic E-state index is 0.114. The zero-order chi connectivity index (χ0) is 21.8. The van der Waals surface area contributed by atoms with Gasteiger partial charge in [-0.2, -0.15) is 0 Å². The largest absolute Gasteiger partial charge is 0.508 e. The number of alkyl halides is 3. The summed E-state index contributed by atoms with van der Waals surface area (Å²) in [6, 6.07) is 6.36. The number of hydrogen-bond acceptors (Lipinski definition) is 4. The molecule has 5 nitrogen and oxygen atoms in total. The molecule has 1 aromatic rings. The molecule has 4 unspecified atom stereocenters. The third kappa shape index (κ3) is 4.23. The Morgan fingerprint density at radius 2 is 2.10 bits per heavy atom. The Bertz CT molecular complexity index is 861. The number of phenolic OH excluding ortho intramolecular Hbond substituents is 1. The molecule has 1 spiro atoms. The van der Waals surface area contributed by atoms with Crippen LogP contribution in [0.15, 0.2) is 18.2 Å². The molecule has 2 saturated heterocycles. The van der Waals surface area contributed by atoms with Crippen LogP contribution in [0.3, 0.4) is 0 Å². The number of likely N-dealkylation sites (tertiary alicyclic amines) is 1. The van der Waals surface area contributed by atoms with Crippen molar-refractivity contribution >= 4 is 40.9 Å². The Balaban J connectivity index is 1.48. The maximum atomic E-state index is 12.9. The summed E-state index contributed by atoms with van der Waals surface area (Å²) in [5.74, 6) is 1.06. The van der Waals surface area contributed by atoms with E-state index in [0.29, 0.717) is 30.2 Å². The number of carbonyl (C=O) groups excluding carboxylic acids is 1. The molecule has 0 aromatic heterocycles. The van der Waals surface area contributed by atoms with E-state index >= 15 is 0 Å². The number of amides is 1. The summed E-state index contributed by atoms with van der Waals surface area (Å²) in [5, 5.41) is 14.0. The second-order valence-corrected chi connectivity index (χ2v) is 12.4. The number of nitrogens with one attached hydrogen (secondary N) is 1. The molecule has 2 heterocycles. The molecule has 3 fully saturated rings. The van der Waals surface area contributed by atoms with Gasteiger partial charge in [0.25, 0.3) is 0 Å². The molecule has 5 atom stereocenters. The van der Waals surface area contributed by atoms with Crippen molar-refractivity contribution in [3.63, 3.8) is 0 Å². The molecule has 2 N–H and O–H groups in total. The molecular weight excluding hydrogens is 459 g/mol. The third-order valence-corrected chi connectivity index (χ3v) is 8.51. The number of fused-ring (bicyclic) bond motifs is 1. The van der Waals surface area contributed by atoms with Crippen LogP contribution in [0.4, 0.5) is 4.79 Å². The Labute approximate surface area is 198 Å². The number of hydrogen-bond donors (Lipinski definition) is 2. The van der Waals surface area contributed by atoms with Crippen molar-refractivity contribution in [1.82, 2.24) is 10.2 Å². The topological polar surface area (TPSA) is 61.8 Å². The van der Waals surface area contributed by atoms with E-state index in [4.69, 9.17) is 39.5 Å². The Kier molecular flexibility index (Phi) is 5.78. The van der Waals surface area contributed by atoms with E-state index in [-0.39, 0.29) is 24.2 Å². The van der Waals surface area contributed by atoms with Crippen molar-refractivity contribution in [2.75, 3.05) is 19.7 Å². The van der Waals surface area contributed by atoms with E-state index < -0.39 is 3.79 Å². The van der Waals surface area contributed by atoms with Crippen molar-refractivity contribution in [3.05, 3.63) is 29.3 Å². The van der Waals surface area contributed by atoms with Gasteiger partial charge in [0, 0.05) is 18.6 Å². The van der Waals surface area contributed by atoms with Gasteiger partial charge in [0.05, 0.1) is 0 Å². The molecule has 170 valence electrons. The molecular formula is C23H29Cl3N2O3. The minimum atomic E-state index is -1.61. The smallest absolute Gasteiger partial charge is 0.410 e. The first-order chi connectivity index (χ1) is 14.7. The first-order valence-electron chi connectivity index (χ1n) is 11.3. The van der Waals surface area contributed by atoms with Crippen LogP contribution in [-0.2, 0) is 17.6 Å². The number of benzene rings is 1. The number of carbonyl (C=O) groups is 1. The standard InChI is InChI=1S/C23H29Cl3N2O3/c24-23(25,26)13-31-21(30)28-12-16-11-22-5-1-7-27-20(22)10-14-2-3-17(29)8-15(14)9-18(16)19(28)4-6-22/h2-3,8,16,18-20,27,29H,1,4-7,9-13H2/t16-,18?,19?,20?,22?/m1/s1. The molecule has 8 heteroatoms. The van der Waals surface area contributed by atoms with Crippen molar-refractivity contribution in [2.24, 2.45) is 17.3 Å². The lowest BCUT2D eigenvalue weighted by atomic mass is 9.65. The number of phenols is 1. The van der Waals surface area contributed by atoms with E-state index in [1.165, 1.54) is 24.0 Å². The predicted octanol–water partition coefficient (Wildman–Crippen LogP) is 4.84. The van der Waals surface area contributed by atoms with Crippen LogP contribution in [0.2, 0.25) is 0 Å². The fourth-order valence-corrected chi connectivity index (χ4v) is 7.03. The molecule has 4 aliphatic rings. The van der Waals surface area contributed by atoms with Crippen LogP contribution < -0.4 is 5.32 Å². The van der Waals surface area contributed by atoms with Gasteiger partial charge in [0.2, 0.25) is 3.79 Å². The predicted molar refractivity (Wildman–Crippen MR) is 122 cm³/mol. The van der Waals surface area contributed by atoms with Crippen molar-refractivity contribution in [1.29, 1.82) is 0 Å². The van der Waals surface area contributed by atoms with Crippen LogP contribution >= 0.6 is 34.8 Å². The molecule has 0 radical (unpaired) electrons. The average Bonchev–Trinajstić information content (AvgIpc) is 2.98. The maximum absolute atomic E-state index is 12.9. The third-order valence-electron chi connectivity index (χ3n) is 8.18. The summed E-state index contributed by atoms with van der Waals surface area (Å²) in [4.78, 5) is 14.8. The fraction of sp³-hybridized carbons (Fsp3) is 0.696. The number of piperidine rings is 1. The van der Waals surface area contributed by atoms with Crippen LogP contribution in [0.5, 0.6) is 5.75 Å². The summed E-state index contributed by atoms with van der Waals surface area (Å²) in [6.45, 7) is 1.51. The zero-order valence-electron chi connectivity index (χ0n) is 17.5. The van der Waals surface area contributed by atoms with E-state index in [0.717, 1.165) is 38.6 Å². The minimum Gasteiger partial charge on any atom is -0.508 e. The highest BCUT2D eigenvalue weighted by Gasteiger charge is 2.54. The second-order valence-electron chi connectivity index (χ2n) is 9.89. The highest BCUT2D eigenvalue weighted by atomic mass is 35.6. The summed E-state index contributed by atoms with van der Waals surface area (Å²) < 4.78 is 3.76. The van der Waals surface area contributed by atoms with E-state index in [1.807, 2.05) is 11.0 Å². The monoisotopic (exact) mass is 486 g/mol. The fourth-order valence-electron chi connectivity index (χ4n) is 6.87. The van der Waals surface area contributed by atoms with Gasteiger partial charge in [-0.15, -0.1) is 0 Å². The normalized spacial score (nSPS) is 34.7. The summed E-state index contributed by atoms with van der Waals surface area (Å²) >= 11 is 17.4. The molecule has 1 amide bonds. The summed E-state index contributed by atoms with van der Waals surface area (Å²) in [6.07, 6.45) is 7.15. The average molecular weight is 488 g/mol. The van der Waals surface area contributed by atoms with Crippen LogP contribution in [0.1, 0.15) is 43.2 Å². The maximum Gasteiger partial charge on any atom is 0.410 e. The van der Waals surface area contributed by atoms with Crippen molar-refractivity contribution in [2.45, 2.75) is 60.8 Å².